The molecule has 0 radical (unpaired) electrons. The van der Waals surface area contributed by atoms with E-state index < -0.39 is 10.0 Å². The summed E-state index contributed by atoms with van der Waals surface area (Å²) in [5.74, 6) is 0.00334. The number of methoxy groups -OCH3 is 1. The highest BCUT2D eigenvalue weighted by Crippen LogP contribution is 2.27. The second-order valence-electron chi connectivity index (χ2n) is 5.59. The van der Waals surface area contributed by atoms with E-state index in [1.165, 1.54) is 33.3 Å². The van der Waals surface area contributed by atoms with Crippen LogP contribution in [-0.2, 0) is 14.8 Å². The highest BCUT2D eigenvalue weighted by molar-refractivity contribution is 7.89. The lowest BCUT2D eigenvalue weighted by Gasteiger charge is -2.31. The maximum atomic E-state index is 12.6. The average Bonchev–Trinajstić information content (AvgIpc) is 2.53. The molecule has 0 bridgehead atoms. The first-order valence-electron chi connectivity index (χ1n) is 7.29. The van der Waals surface area contributed by atoms with Crippen LogP contribution in [0.1, 0.15) is 17.3 Å². The fourth-order valence-electron chi connectivity index (χ4n) is 2.39. The van der Waals surface area contributed by atoms with E-state index in [-0.39, 0.29) is 22.7 Å². The van der Waals surface area contributed by atoms with Crippen molar-refractivity contribution in [1.29, 1.82) is 0 Å². The van der Waals surface area contributed by atoms with Crippen molar-refractivity contribution in [3.05, 3.63) is 23.8 Å². The van der Waals surface area contributed by atoms with Gasteiger partial charge in [-0.1, -0.05) is 0 Å². The lowest BCUT2D eigenvalue weighted by atomic mass is 10.1. The zero-order valence-electron chi connectivity index (χ0n) is 13.8. The second-order valence-corrected chi connectivity index (χ2v) is 7.71. The van der Waals surface area contributed by atoms with Crippen LogP contribution in [0.2, 0.25) is 0 Å². The van der Waals surface area contributed by atoms with Gasteiger partial charge in [0, 0.05) is 32.7 Å². The Morgan fingerprint density at radius 3 is 2.65 bits per heavy atom. The van der Waals surface area contributed by atoms with E-state index in [0.717, 1.165) is 4.31 Å². The average molecular weight is 342 g/mol. The Labute approximate surface area is 136 Å². The van der Waals surface area contributed by atoms with Crippen LogP contribution in [0.25, 0.3) is 0 Å². The number of ether oxygens (including phenoxy) is 2. The fraction of sp³-hybridized carbons (Fsp3) is 0.533. The summed E-state index contributed by atoms with van der Waals surface area (Å²) in [6.07, 6.45) is -0.0315. The Hall–Kier alpha value is -1.64. The molecular weight excluding hydrogens is 320 g/mol. The van der Waals surface area contributed by atoms with E-state index in [1.54, 1.807) is 11.0 Å². The summed E-state index contributed by atoms with van der Waals surface area (Å²) in [4.78, 5) is 14.3. The van der Waals surface area contributed by atoms with Crippen molar-refractivity contribution >= 4 is 15.9 Å². The molecule has 1 aliphatic rings. The van der Waals surface area contributed by atoms with Crippen LogP contribution >= 0.6 is 0 Å². The summed E-state index contributed by atoms with van der Waals surface area (Å²) in [6, 6.07) is 4.46. The van der Waals surface area contributed by atoms with Crippen LogP contribution in [0, 0.1) is 0 Å². The van der Waals surface area contributed by atoms with Gasteiger partial charge in [-0.3, -0.25) is 4.79 Å². The fourth-order valence-corrected chi connectivity index (χ4v) is 3.47. The molecule has 128 valence electrons. The Balaban J connectivity index is 2.39. The van der Waals surface area contributed by atoms with Gasteiger partial charge >= 0.3 is 0 Å². The van der Waals surface area contributed by atoms with E-state index >= 15 is 0 Å². The quantitative estimate of drug-likeness (QED) is 0.809. The summed E-state index contributed by atoms with van der Waals surface area (Å²) < 4.78 is 36.5. The lowest BCUT2D eigenvalue weighted by molar-refractivity contribution is -0.0124. The standard InChI is InChI=1S/C15H22N2O5S/c1-11-10-17(7-8-22-11)15(18)12-5-6-13(21-4)14(9-12)23(19,20)16(2)3/h5-6,9,11H,7-8,10H2,1-4H3/t11-/m1/s1. The number of nitrogens with zero attached hydrogens (tertiary/aromatic N) is 2. The molecule has 0 spiro atoms. The third-order valence-electron chi connectivity index (χ3n) is 3.70. The van der Waals surface area contributed by atoms with Gasteiger partial charge < -0.3 is 14.4 Å². The van der Waals surface area contributed by atoms with Crippen LogP contribution in [-0.4, -0.2) is 70.5 Å². The van der Waals surface area contributed by atoms with E-state index in [9.17, 15) is 13.2 Å². The molecule has 23 heavy (non-hydrogen) atoms. The Morgan fingerprint density at radius 1 is 1.39 bits per heavy atom. The molecule has 7 nitrogen and oxygen atoms in total. The van der Waals surface area contributed by atoms with E-state index in [1.807, 2.05) is 6.92 Å². The van der Waals surface area contributed by atoms with Crippen LogP contribution in [0.15, 0.2) is 23.1 Å². The topological polar surface area (TPSA) is 76.1 Å². The van der Waals surface area contributed by atoms with Gasteiger partial charge in [-0.2, -0.15) is 0 Å². The SMILES string of the molecule is COc1ccc(C(=O)N2CCO[C@H](C)C2)cc1S(=O)(=O)N(C)C. The maximum absolute atomic E-state index is 12.6. The van der Waals surface area contributed by atoms with Gasteiger partial charge in [0.1, 0.15) is 10.6 Å². The Kier molecular flexibility index (Phi) is 5.28. The van der Waals surface area contributed by atoms with Crippen LogP contribution < -0.4 is 4.74 Å². The van der Waals surface area contributed by atoms with E-state index in [4.69, 9.17) is 9.47 Å². The number of hydrogen-bond donors (Lipinski definition) is 0. The largest absolute Gasteiger partial charge is 0.495 e. The minimum atomic E-state index is -3.70. The molecule has 8 heteroatoms. The van der Waals surface area contributed by atoms with E-state index in [2.05, 4.69) is 0 Å². The van der Waals surface area contributed by atoms with Crippen molar-refractivity contribution in [3.63, 3.8) is 0 Å². The smallest absolute Gasteiger partial charge is 0.254 e. The van der Waals surface area contributed by atoms with Gasteiger partial charge in [0.2, 0.25) is 10.0 Å². The maximum Gasteiger partial charge on any atom is 0.254 e. The first-order chi connectivity index (χ1) is 10.8. The van der Waals surface area contributed by atoms with Crippen molar-refractivity contribution in [1.82, 2.24) is 9.21 Å². The first-order valence-corrected chi connectivity index (χ1v) is 8.73. The molecule has 1 aromatic rings. The summed E-state index contributed by atoms with van der Waals surface area (Å²) in [7, 11) is 0.569. The van der Waals surface area contributed by atoms with Gasteiger partial charge in [0.05, 0.1) is 19.8 Å². The monoisotopic (exact) mass is 342 g/mol. The highest BCUT2D eigenvalue weighted by Gasteiger charge is 2.27. The number of carbonyl (C=O) groups excluding carboxylic acids is 1. The van der Waals surface area contributed by atoms with Gasteiger partial charge in [-0.05, 0) is 25.1 Å². The van der Waals surface area contributed by atoms with Crippen molar-refractivity contribution < 1.29 is 22.7 Å². The highest BCUT2D eigenvalue weighted by atomic mass is 32.2. The van der Waals surface area contributed by atoms with Crippen molar-refractivity contribution in [2.75, 3.05) is 40.9 Å². The lowest BCUT2D eigenvalue weighted by Crippen LogP contribution is -2.44. The van der Waals surface area contributed by atoms with Crippen LogP contribution in [0.3, 0.4) is 0 Å². The number of sulfonamides is 1. The predicted octanol–water partition coefficient (Wildman–Crippen LogP) is 0.806. The molecule has 1 atom stereocenters. The van der Waals surface area contributed by atoms with Crippen molar-refractivity contribution in [2.45, 2.75) is 17.9 Å². The molecule has 1 saturated heterocycles. The molecular formula is C15H22N2O5S. The molecule has 1 heterocycles. The molecule has 0 aromatic heterocycles. The third-order valence-corrected chi connectivity index (χ3v) is 5.53. The van der Waals surface area contributed by atoms with Gasteiger partial charge in [-0.25, -0.2) is 12.7 Å². The summed E-state index contributed by atoms with van der Waals surface area (Å²) in [6.45, 7) is 3.35. The number of rotatable bonds is 4. The third kappa shape index (κ3) is 3.65. The molecule has 1 fully saturated rings. The molecule has 0 aliphatic carbocycles. The molecule has 2 rings (SSSR count). The number of carbonyl (C=O) groups is 1. The Morgan fingerprint density at radius 2 is 2.09 bits per heavy atom. The van der Waals surface area contributed by atoms with E-state index in [0.29, 0.717) is 25.3 Å². The van der Waals surface area contributed by atoms with Gasteiger partial charge in [0.15, 0.2) is 0 Å². The number of amides is 1. The van der Waals surface area contributed by atoms with Gasteiger partial charge in [-0.15, -0.1) is 0 Å². The minimum Gasteiger partial charge on any atom is -0.495 e. The molecule has 1 amide bonds. The molecule has 0 saturated carbocycles. The minimum absolute atomic E-state index is 0.0165. The number of hydrogen-bond acceptors (Lipinski definition) is 5. The number of morpholine rings is 1. The summed E-state index contributed by atoms with van der Waals surface area (Å²) in [5.41, 5.74) is 0.320. The summed E-state index contributed by atoms with van der Waals surface area (Å²) >= 11 is 0. The molecule has 0 unspecified atom stereocenters. The molecule has 0 N–H and O–H groups in total. The first kappa shape index (κ1) is 17.7. The summed E-state index contributed by atoms with van der Waals surface area (Å²) in [5, 5.41) is 0. The van der Waals surface area contributed by atoms with Crippen LogP contribution in [0.5, 0.6) is 5.75 Å². The zero-order chi connectivity index (χ0) is 17.2. The van der Waals surface area contributed by atoms with Crippen molar-refractivity contribution in [3.8, 4) is 5.75 Å². The number of benzene rings is 1. The normalized spacial score (nSPS) is 19.0. The molecule has 1 aliphatic heterocycles. The Bertz CT molecular complexity index is 687. The van der Waals surface area contributed by atoms with Crippen molar-refractivity contribution in [2.24, 2.45) is 0 Å². The second kappa shape index (κ2) is 6.86. The van der Waals surface area contributed by atoms with Crippen LogP contribution in [0.4, 0.5) is 0 Å². The molecule has 1 aromatic carbocycles. The predicted molar refractivity (Wildman–Crippen MR) is 85.2 cm³/mol. The zero-order valence-corrected chi connectivity index (χ0v) is 14.6. The van der Waals surface area contributed by atoms with Gasteiger partial charge in [0.25, 0.3) is 5.91 Å².